The maximum atomic E-state index is 9.68. The van der Waals surface area contributed by atoms with Crippen LogP contribution in [0.4, 0.5) is 0 Å². The highest BCUT2D eigenvalue weighted by molar-refractivity contribution is 7.71. The van der Waals surface area contributed by atoms with Crippen LogP contribution in [-0.2, 0) is 0 Å². The fraction of sp³-hybridized carbons (Fsp3) is 0.235. The monoisotopic (exact) mass is 358 g/mol. The summed E-state index contributed by atoms with van der Waals surface area (Å²) < 4.78 is 7.47. The summed E-state index contributed by atoms with van der Waals surface area (Å²) in [6, 6.07) is 9.72. The standard InChI is InChI=1S/C17H15ClN4OS/c1-3-13(11-4-5-12(18)10(2)8-11)22-14(9-19)16(21-17(22)24)15-6-7-20-23-15/h4-8,13H,3H2,1-2H3,(H,21,24). The van der Waals surface area contributed by atoms with Crippen molar-refractivity contribution >= 4 is 23.8 Å². The summed E-state index contributed by atoms with van der Waals surface area (Å²) in [7, 11) is 0. The fourth-order valence-corrected chi connectivity index (χ4v) is 3.26. The smallest absolute Gasteiger partial charge is 0.186 e. The summed E-state index contributed by atoms with van der Waals surface area (Å²) >= 11 is 11.6. The fourth-order valence-electron chi connectivity index (χ4n) is 2.82. The molecule has 0 fully saturated rings. The molecule has 5 nitrogen and oxygen atoms in total. The quantitative estimate of drug-likeness (QED) is 0.663. The maximum absolute atomic E-state index is 9.68. The normalized spacial score (nSPS) is 12.1. The van der Waals surface area contributed by atoms with Crippen molar-refractivity contribution in [2.24, 2.45) is 0 Å². The van der Waals surface area contributed by atoms with Gasteiger partial charge in [-0.05, 0) is 42.8 Å². The average molecular weight is 359 g/mol. The third kappa shape index (κ3) is 2.77. The summed E-state index contributed by atoms with van der Waals surface area (Å²) in [5, 5.41) is 14.1. The van der Waals surface area contributed by atoms with E-state index >= 15 is 0 Å². The van der Waals surface area contributed by atoms with E-state index in [0.29, 0.717) is 26.9 Å². The molecule has 0 aliphatic heterocycles. The largest absolute Gasteiger partial charge is 0.355 e. The van der Waals surface area contributed by atoms with E-state index in [0.717, 1.165) is 17.5 Å². The van der Waals surface area contributed by atoms with Crippen LogP contribution in [0.1, 0.15) is 36.2 Å². The van der Waals surface area contributed by atoms with Gasteiger partial charge >= 0.3 is 0 Å². The second kappa shape index (κ2) is 6.63. The first kappa shape index (κ1) is 16.5. The predicted molar refractivity (Wildman–Crippen MR) is 94.4 cm³/mol. The Balaban J connectivity index is 2.18. The van der Waals surface area contributed by atoms with Crippen molar-refractivity contribution < 1.29 is 4.52 Å². The van der Waals surface area contributed by atoms with E-state index in [1.165, 1.54) is 6.20 Å². The molecule has 0 saturated carbocycles. The van der Waals surface area contributed by atoms with Crippen molar-refractivity contribution in [3.05, 3.63) is 57.1 Å². The summed E-state index contributed by atoms with van der Waals surface area (Å²) in [5.74, 6) is 0.485. The van der Waals surface area contributed by atoms with Gasteiger partial charge in [0.05, 0.1) is 12.2 Å². The van der Waals surface area contributed by atoms with Crippen LogP contribution in [-0.4, -0.2) is 14.7 Å². The van der Waals surface area contributed by atoms with Gasteiger partial charge in [-0.1, -0.05) is 35.8 Å². The van der Waals surface area contributed by atoms with Crippen molar-refractivity contribution in [2.75, 3.05) is 0 Å². The molecule has 0 bridgehead atoms. The molecule has 0 aliphatic rings. The molecule has 3 rings (SSSR count). The lowest BCUT2D eigenvalue weighted by molar-refractivity contribution is 0.431. The SMILES string of the molecule is CCC(c1ccc(Cl)c(C)c1)n1c(C#N)c(-c2ccno2)[nH]c1=S. The Hall–Kier alpha value is -2.36. The zero-order valence-electron chi connectivity index (χ0n) is 13.2. The Morgan fingerprint density at radius 3 is 2.83 bits per heavy atom. The summed E-state index contributed by atoms with van der Waals surface area (Å²) in [5.41, 5.74) is 3.01. The Morgan fingerprint density at radius 1 is 1.46 bits per heavy atom. The molecule has 0 saturated heterocycles. The number of H-pyrrole nitrogens is 1. The average Bonchev–Trinajstić information content (AvgIpc) is 3.20. The molecule has 0 spiro atoms. The van der Waals surface area contributed by atoms with Crippen LogP contribution in [0, 0.1) is 23.0 Å². The van der Waals surface area contributed by atoms with Crippen molar-refractivity contribution in [2.45, 2.75) is 26.3 Å². The summed E-state index contributed by atoms with van der Waals surface area (Å²) in [6.45, 7) is 4.01. The molecule has 122 valence electrons. The highest BCUT2D eigenvalue weighted by Gasteiger charge is 2.22. The topological polar surface area (TPSA) is 70.5 Å². The van der Waals surface area contributed by atoms with E-state index in [9.17, 15) is 5.26 Å². The van der Waals surface area contributed by atoms with Crippen LogP contribution >= 0.6 is 23.8 Å². The highest BCUT2D eigenvalue weighted by Crippen LogP contribution is 2.31. The Kier molecular flexibility index (Phi) is 4.56. The zero-order chi connectivity index (χ0) is 17.3. The molecule has 1 N–H and O–H groups in total. The number of nitrogens with one attached hydrogen (secondary N) is 1. The van der Waals surface area contributed by atoms with Crippen molar-refractivity contribution in [1.29, 1.82) is 5.26 Å². The lowest BCUT2D eigenvalue weighted by Gasteiger charge is -2.19. The number of rotatable bonds is 4. The molecular weight excluding hydrogens is 344 g/mol. The molecule has 24 heavy (non-hydrogen) atoms. The molecule has 7 heteroatoms. The number of aryl methyl sites for hydroxylation is 1. The first-order valence-electron chi connectivity index (χ1n) is 7.48. The van der Waals surface area contributed by atoms with Gasteiger partial charge in [0, 0.05) is 11.1 Å². The Morgan fingerprint density at radius 2 is 2.25 bits per heavy atom. The summed E-state index contributed by atoms with van der Waals surface area (Å²) in [6.07, 6.45) is 2.31. The number of nitrogens with zero attached hydrogens (tertiary/aromatic N) is 3. The molecule has 0 aliphatic carbocycles. The maximum Gasteiger partial charge on any atom is 0.186 e. The molecule has 3 aromatic rings. The second-order valence-corrected chi connectivity index (χ2v) is 6.24. The minimum atomic E-state index is -0.0731. The lowest BCUT2D eigenvalue weighted by atomic mass is 10.0. The molecule has 1 aromatic carbocycles. The second-order valence-electron chi connectivity index (χ2n) is 5.44. The number of imidazole rings is 1. The van der Waals surface area contributed by atoms with Crippen LogP contribution < -0.4 is 0 Å². The van der Waals surface area contributed by atoms with Gasteiger partial charge in [-0.3, -0.25) is 0 Å². The third-order valence-electron chi connectivity index (χ3n) is 3.98. The van der Waals surface area contributed by atoms with Crippen LogP contribution in [0.3, 0.4) is 0 Å². The predicted octanol–water partition coefficient (Wildman–Crippen LogP) is 5.03. The highest BCUT2D eigenvalue weighted by atomic mass is 35.5. The number of hydrogen-bond acceptors (Lipinski definition) is 4. The van der Waals surface area contributed by atoms with Crippen molar-refractivity contribution in [3.63, 3.8) is 0 Å². The number of halogens is 1. The number of hydrogen-bond donors (Lipinski definition) is 1. The molecule has 0 radical (unpaired) electrons. The van der Waals surface area contributed by atoms with Gasteiger partial charge in [0.15, 0.2) is 16.2 Å². The number of nitriles is 1. The minimum Gasteiger partial charge on any atom is -0.355 e. The number of benzene rings is 1. The molecule has 2 aromatic heterocycles. The van der Waals surface area contributed by atoms with Gasteiger partial charge in [0.1, 0.15) is 11.8 Å². The first-order chi connectivity index (χ1) is 11.6. The van der Waals surface area contributed by atoms with Gasteiger partial charge in [-0.2, -0.15) is 5.26 Å². The van der Waals surface area contributed by atoms with E-state index in [4.69, 9.17) is 28.3 Å². The first-order valence-corrected chi connectivity index (χ1v) is 8.27. The molecular formula is C17H15ClN4OS. The van der Waals surface area contributed by atoms with Crippen LogP contribution in [0.5, 0.6) is 0 Å². The molecule has 1 unspecified atom stereocenters. The van der Waals surface area contributed by atoms with E-state index in [1.807, 2.05) is 29.7 Å². The third-order valence-corrected chi connectivity index (χ3v) is 4.71. The van der Waals surface area contributed by atoms with E-state index in [-0.39, 0.29) is 6.04 Å². The van der Waals surface area contributed by atoms with Crippen LogP contribution in [0.2, 0.25) is 5.02 Å². The molecule has 2 heterocycles. The minimum absolute atomic E-state index is 0.0731. The van der Waals surface area contributed by atoms with Gasteiger partial charge in [0.2, 0.25) is 0 Å². The van der Waals surface area contributed by atoms with Crippen molar-refractivity contribution in [3.8, 4) is 17.5 Å². The Bertz CT molecular complexity index is 966. The van der Waals surface area contributed by atoms with Crippen LogP contribution in [0.25, 0.3) is 11.5 Å². The van der Waals surface area contributed by atoms with E-state index < -0.39 is 0 Å². The Labute approximate surface area is 149 Å². The lowest BCUT2D eigenvalue weighted by Crippen LogP contribution is -2.12. The summed E-state index contributed by atoms with van der Waals surface area (Å²) in [4.78, 5) is 3.07. The van der Waals surface area contributed by atoms with Gasteiger partial charge in [-0.25, -0.2) is 0 Å². The van der Waals surface area contributed by atoms with Crippen molar-refractivity contribution in [1.82, 2.24) is 14.7 Å². The van der Waals surface area contributed by atoms with Gasteiger partial charge in [-0.15, -0.1) is 0 Å². The molecule has 0 amide bonds. The zero-order valence-corrected chi connectivity index (χ0v) is 14.8. The number of aromatic amines is 1. The van der Waals surface area contributed by atoms with Gasteiger partial charge in [0.25, 0.3) is 0 Å². The van der Waals surface area contributed by atoms with E-state index in [1.54, 1.807) is 6.07 Å². The van der Waals surface area contributed by atoms with Gasteiger partial charge < -0.3 is 14.1 Å². The molecule has 1 atom stereocenters. The number of aromatic nitrogens is 3. The van der Waals surface area contributed by atoms with Crippen LogP contribution in [0.15, 0.2) is 35.0 Å². The van der Waals surface area contributed by atoms with E-state index in [2.05, 4.69) is 23.1 Å².